The molecule has 0 bridgehead atoms. The van der Waals surface area contributed by atoms with Crippen LogP contribution >= 0.6 is 0 Å². The Morgan fingerprint density at radius 2 is 2.12 bits per heavy atom. The van der Waals surface area contributed by atoms with E-state index >= 15 is 0 Å². The summed E-state index contributed by atoms with van der Waals surface area (Å²) in [6, 6.07) is 0. The summed E-state index contributed by atoms with van der Waals surface area (Å²) >= 11 is 0. The first kappa shape index (κ1) is 5.83. The molecule has 0 atom stereocenters. The second-order valence-electron chi connectivity index (χ2n) is 2.63. The summed E-state index contributed by atoms with van der Waals surface area (Å²) in [5.74, 6) is 0. The van der Waals surface area contributed by atoms with Gasteiger partial charge < -0.3 is 0 Å². The minimum atomic E-state index is 1.23. The lowest BCUT2D eigenvalue weighted by molar-refractivity contribution is 1.15. The zero-order chi connectivity index (χ0) is 6.15. The molecular formula is C7H12Si. The van der Waals surface area contributed by atoms with Crippen LogP contribution < -0.4 is 0 Å². The van der Waals surface area contributed by atoms with Gasteiger partial charge >= 0.3 is 0 Å². The van der Waals surface area contributed by atoms with Gasteiger partial charge in [-0.05, 0) is 20.3 Å². The van der Waals surface area contributed by atoms with E-state index in [1.165, 1.54) is 22.2 Å². The molecule has 0 heterocycles. The van der Waals surface area contributed by atoms with Crippen molar-refractivity contribution in [1.29, 1.82) is 0 Å². The highest BCUT2D eigenvalue weighted by atomic mass is 28.1. The van der Waals surface area contributed by atoms with Crippen molar-refractivity contribution in [3.63, 3.8) is 0 Å². The van der Waals surface area contributed by atoms with Crippen molar-refractivity contribution in [2.45, 2.75) is 20.3 Å². The van der Waals surface area contributed by atoms with Gasteiger partial charge in [-0.3, -0.25) is 0 Å². The quantitative estimate of drug-likeness (QED) is 0.422. The lowest BCUT2D eigenvalue weighted by atomic mass is 10.2. The van der Waals surface area contributed by atoms with Crippen molar-refractivity contribution in [3.8, 4) is 0 Å². The molecule has 0 nitrogen and oxygen atoms in total. The van der Waals surface area contributed by atoms with Crippen molar-refractivity contribution >= 4 is 10.2 Å². The summed E-state index contributed by atoms with van der Waals surface area (Å²) in [4.78, 5) is 0. The van der Waals surface area contributed by atoms with E-state index in [4.69, 9.17) is 0 Å². The molecule has 44 valence electrons. The highest BCUT2D eigenvalue weighted by molar-refractivity contribution is 6.24. The zero-order valence-corrected chi connectivity index (χ0v) is 7.78. The minimum Gasteiger partial charge on any atom is -0.0715 e. The summed E-state index contributed by atoms with van der Waals surface area (Å²) in [6.07, 6.45) is 3.56. The monoisotopic (exact) mass is 124 g/mol. The number of hydrogen-bond donors (Lipinski definition) is 0. The van der Waals surface area contributed by atoms with E-state index in [0.29, 0.717) is 0 Å². The van der Waals surface area contributed by atoms with Crippen LogP contribution in [0.25, 0.3) is 0 Å². The predicted octanol–water partition coefficient (Wildman–Crippen LogP) is 0.976. The molecule has 0 saturated heterocycles. The van der Waals surface area contributed by atoms with Crippen molar-refractivity contribution in [2.75, 3.05) is 0 Å². The SMILES string of the molecule is CC1=CC([SiH3])=C(C)C1. The van der Waals surface area contributed by atoms with E-state index in [-0.39, 0.29) is 0 Å². The summed E-state index contributed by atoms with van der Waals surface area (Å²) in [5.41, 5.74) is 3.13. The van der Waals surface area contributed by atoms with Gasteiger partial charge in [0.1, 0.15) is 0 Å². The van der Waals surface area contributed by atoms with Crippen LogP contribution in [-0.2, 0) is 0 Å². The fourth-order valence-electron chi connectivity index (χ4n) is 1.10. The maximum absolute atomic E-state index is 2.32. The van der Waals surface area contributed by atoms with Crippen LogP contribution in [0, 0.1) is 0 Å². The molecule has 0 spiro atoms. The molecular weight excluding hydrogens is 112 g/mol. The fraction of sp³-hybridized carbons (Fsp3) is 0.429. The molecule has 0 aromatic rings. The highest BCUT2D eigenvalue weighted by Crippen LogP contribution is 2.21. The second kappa shape index (κ2) is 1.90. The maximum Gasteiger partial charge on any atom is 0.0384 e. The molecule has 1 rings (SSSR count). The van der Waals surface area contributed by atoms with E-state index in [0.717, 1.165) is 0 Å². The van der Waals surface area contributed by atoms with Gasteiger partial charge in [-0.15, -0.1) is 0 Å². The molecule has 0 unspecified atom stereocenters. The van der Waals surface area contributed by atoms with Crippen LogP contribution in [0.2, 0.25) is 0 Å². The van der Waals surface area contributed by atoms with Gasteiger partial charge in [-0.1, -0.05) is 22.4 Å². The third kappa shape index (κ3) is 0.919. The summed E-state index contributed by atoms with van der Waals surface area (Å²) in [5, 5.41) is 1.60. The number of rotatable bonds is 0. The van der Waals surface area contributed by atoms with Crippen molar-refractivity contribution < 1.29 is 0 Å². The van der Waals surface area contributed by atoms with E-state index in [1.54, 1.807) is 10.8 Å². The Hall–Kier alpha value is -0.303. The number of hydrogen-bond acceptors (Lipinski definition) is 0. The topological polar surface area (TPSA) is 0 Å². The van der Waals surface area contributed by atoms with Crippen LogP contribution in [0.15, 0.2) is 22.4 Å². The van der Waals surface area contributed by atoms with Crippen LogP contribution in [0.5, 0.6) is 0 Å². The minimum absolute atomic E-state index is 1.23. The zero-order valence-electron chi connectivity index (χ0n) is 5.78. The molecule has 1 heteroatoms. The molecule has 0 fully saturated rings. The van der Waals surface area contributed by atoms with Gasteiger partial charge in [0.05, 0.1) is 0 Å². The summed E-state index contributed by atoms with van der Waals surface area (Å²) in [7, 11) is 1.23. The molecule has 0 aliphatic heterocycles. The van der Waals surface area contributed by atoms with E-state index in [2.05, 4.69) is 19.9 Å². The van der Waals surface area contributed by atoms with Crippen molar-refractivity contribution in [3.05, 3.63) is 22.4 Å². The molecule has 8 heavy (non-hydrogen) atoms. The summed E-state index contributed by atoms with van der Waals surface area (Å²) < 4.78 is 0. The van der Waals surface area contributed by atoms with Crippen LogP contribution in [0.3, 0.4) is 0 Å². The second-order valence-corrected chi connectivity index (χ2v) is 3.71. The van der Waals surface area contributed by atoms with Gasteiger partial charge in [0.15, 0.2) is 0 Å². The largest absolute Gasteiger partial charge is 0.0715 e. The molecule has 1 aliphatic carbocycles. The van der Waals surface area contributed by atoms with E-state index in [9.17, 15) is 0 Å². The standard InChI is InChI=1S/C7H12Si/c1-5-3-6(2)7(8)4-5/h4H,3H2,1-2,8H3. The van der Waals surface area contributed by atoms with Crippen molar-refractivity contribution in [1.82, 2.24) is 0 Å². The maximum atomic E-state index is 2.32. The Balaban J connectivity index is 2.79. The van der Waals surface area contributed by atoms with E-state index < -0.39 is 0 Å². The Bertz CT molecular complexity index is 163. The molecule has 0 aromatic heterocycles. The van der Waals surface area contributed by atoms with Gasteiger partial charge in [-0.25, -0.2) is 0 Å². The predicted molar refractivity (Wildman–Crippen MR) is 41.0 cm³/mol. The molecule has 0 amide bonds. The molecule has 1 aliphatic rings. The fourth-order valence-corrected chi connectivity index (χ4v) is 1.77. The normalized spacial score (nSPS) is 20.0. The third-order valence-corrected chi connectivity index (χ3v) is 2.82. The van der Waals surface area contributed by atoms with Gasteiger partial charge in [0.2, 0.25) is 0 Å². The third-order valence-electron chi connectivity index (χ3n) is 1.68. The Morgan fingerprint density at radius 1 is 1.50 bits per heavy atom. The van der Waals surface area contributed by atoms with Crippen molar-refractivity contribution in [2.24, 2.45) is 0 Å². The first-order valence-corrected chi connectivity index (χ1v) is 4.03. The molecule has 0 radical (unpaired) electrons. The van der Waals surface area contributed by atoms with Crippen LogP contribution in [0.1, 0.15) is 20.3 Å². The first-order valence-electron chi connectivity index (χ1n) is 3.03. The lowest BCUT2D eigenvalue weighted by Crippen LogP contribution is -1.74. The van der Waals surface area contributed by atoms with Gasteiger partial charge in [0.25, 0.3) is 0 Å². The van der Waals surface area contributed by atoms with Gasteiger partial charge in [-0.2, -0.15) is 0 Å². The van der Waals surface area contributed by atoms with Crippen LogP contribution in [-0.4, -0.2) is 10.2 Å². The highest BCUT2D eigenvalue weighted by Gasteiger charge is 2.02. The Kier molecular flexibility index (Phi) is 1.38. The lowest BCUT2D eigenvalue weighted by Gasteiger charge is -1.90. The Morgan fingerprint density at radius 3 is 2.25 bits per heavy atom. The average Bonchev–Trinajstić information content (AvgIpc) is 1.85. The molecule has 0 saturated carbocycles. The molecule has 0 aromatic carbocycles. The Labute approximate surface area is 53.7 Å². The van der Waals surface area contributed by atoms with E-state index in [1.807, 2.05) is 0 Å². The van der Waals surface area contributed by atoms with Crippen LogP contribution in [0.4, 0.5) is 0 Å². The molecule has 0 N–H and O–H groups in total. The summed E-state index contributed by atoms with van der Waals surface area (Å²) in [6.45, 7) is 4.43. The smallest absolute Gasteiger partial charge is 0.0384 e. The number of allylic oxidation sites excluding steroid dienone is 4. The first-order chi connectivity index (χ1) is 3.70. The van der Waals surface area contributed by atoms with Gasteiger partial charge in [0, 0.05) is 10.2 Å². The average molecular weight is 124 g/mol.